The smallest absolute Gasteiger partial charge is 0.131 e. The zero-order chi connectivity index (χ0) is 7.40. The van der Waals surface area contributed by atoms with Gasteiger partial charge in [0.1, 0.15) is 17.7 Å². The van der Waals surface area contributed by atoms with Gasteiger partial charge < -0.3 is 0 Å². The molecular formula is C7H5N3. The first-order chi connectivity index (χ1) is 4.88. The number of nitrogens with zero attached hydrogens (tertiary/aromatic N) is 3. The van der Waals surface area contributed by atoms with Crippen LogP contribution in [0, 0.1) is 22.7 Å². The van der Waals surface area contributed by atoms with Gasteiger partial charge in [0.25, 0.3) is 0 Å². The van der Waals surface area contributed by atoms with E-state index < -0.39 is 0 Å². The van der Waals surface area contributed by atoms with Gasteiger partial charge in [-0.15, -0.1) is 0 Å². The minimum atomic E-state index is 0.220. The van der Waals surface area contributed by atoms with E-state index in [1.807, 2.05) is 12.1 Å². The highest BCUT2D eigenvalue weighted by Gasteiger charge is 2.07. The van der Waals surface area contributed by atoms with Crippen molar-refractivity contribution in [1.82, 2.24) is 0 Å². The van der Waals surface area contributed by atoms with Crippen molar-refractivity contribution in [2.75, 3.05) is 6.54 Å². The Hall–Kier alpha value is -1.61. The van der Waals surface area contributed by atoms with Crippen LogP contribution in [-0.4, -0.2) is 12.8 Å². The molecule has 0 aromatic carbocycles. The monoisotopic (exact) mass is 131 g/mol. The van der Waals surface area contributed by atoms with E-state index in [0.29, 0.717) is 13.0 Å². The van der Waals surface area contributed by atoms with Crippen molar-refractivity contribution in [3.05, 3.63) is 11.1 Å². The highest BCUT2D eigenvalue weighted by atomic mass is 14.7. The van der Waals surface area contributed by atoms with Gasteiger partial charge in [-0.2, -0.15) is 10.5 Å². The highest BCUT2D eigenvalue weighted by molar-refractivity contribution is 5.67. The Kier molecular flexibility index (Phi) is 1.82. The lowest BCUT2D eigenvalue weighted by molar-refractivity contribution is 1.16. The minimum absolute atomic E-state index is 0.220. The molecule has 1 aliphatic heterocycles. The first-order valence-electron chi connectivity index (χ1n) is 2.89. The van der Waals surface area contributed by atoms with Gasteiger partial charge in [-0.05, 0) is 5.57 Å². The summed E-state index contributed by atoms with van der Waals surface area (Å²) in [5, 5.41) is 16.8. The average Bonchev–Trinajstić information content (AvgIpc) is 2.43. The van der Waals surface area contributed by atoms with Crippen LogP contribution in [0.5, 0.6) is 0 Å². The van der Waals surface area contributed by atoms with E-state index in [9.17, 15) is 0 Å². The van der Waals surface area contributed by atoms with Crippen LogP contribution in [0.4, 0.5) is 0 Å². The van der Waals surface area contributed by atoms with Crippen molar-refractivity contribution < 1.29 is 0 Å². The number of allylic oxidation sites excluding steroid dienone is 1. The van der Waals surface area contributed by atoms with Crippen LogP contribution >= 0.6 is 0 Å². The quantitative estimate of drug-likeness (QED) is 0.456. The van der Waals surface area contributed by atoms with Crippen molar-refractivity contribution in [1.29, 1.82) is 10.5 Å². The van der Waals surface area contributed by atoms with Crippen LogP contribution in [0.15, 0.2) is 16.1 Å². The topological polar surface area (TPSA) is 59.9 Å². The van der Waals surface area contributed by atoms with E-state index in [-0.39, 0.29) is 5.57 Å². The third-order valence-corrected chi connectivity index (χ3v) is 1.33. The molecule has 3 heteroatoms. The summed E-state index contributed by atoms with van der Waals surface area (Å²) in [5.41, 5.74) is 1.06. The standard InChI is InChI=1S/C7H5N3/c8-3-7(4-9)6-1-2-10-5-6/h2H,1,5H2. The van der Waals surface area contributed by atoms with Gasteiger partial charge >= 0.3 is 0 Å². The Balaban J connectivity index is 2.88. The van der Waals surface area contributed by atoms with E-state index in [2.05, 4.69) is 4.99 Å². The maximum absolute atomic E-state index is 8.40. The second kappa shape index (κ2) is 2.80. The summed E-state index contributed by atoms with van der Waals surface area (Å²) >= 11 is 0. The highest BCUT2D eigenvalue weighted by Crippen LogP contribution is 2.11. The van der Waals surface area contributed by atoms with Crippen molar-refractivity contribution in [2.24, 2.45) is 4.99 Å². The molecule has 0 aromatic heterocycles. The van der Waals surface area contributed by atoms with E-state index in [4.69, 9.17) is 10.5 Å². The molecule has 0 saturated carbocycles. The summed E-state index contributed by atoms with van der Waals surface area (Å²) in [6.45, 7) is 0.524. The van der Waals surface area contributed by atoms with Gasteiger partial charge in [0.15, 0.2) is 0 Å². The molecular weight excluding hydrogens is 126 g/mol. The molecule has 0 saturated heterocycles. The van der Waals surface area contributed by atoms with Crippen molar-refractivity contribution in [3.8, 4) is 12.1 Å². The fourth-order valence-corrected chi connectivity index (χ4v) is 0.778. The van der Waals surface area contributed by atoms with Crippen LogP contribution in [0.2, 0.25) is 0 Å². The van der Waals surface area contributed by atoms with Gasteiger partial charge in [0.05, 0.1) is 6.54 Å². The third-order valence-electron chi connectivity index (χ3n) is 1.33. The molecule has 0 N–H and O–H groups in total. The van der Waals surface area contributed by atoms with Crippen LogP contribution in [0.1, 0.15) is 6.42 Å². The van der Waals surface area contributed by atoms with Crippen molar-refractivity contribution in [3.63, 3.8) is 0 Å². The molecule has 48 valence electrons. The van der Waals surface area contributed by atoms with Gasteiger partial charge in [0.2, 0.25) is 0 Å². The number of hydrogen-bond acceptors (Lipinski definition) is 3. The van der Waals surface area contributed by atoms with E-state index in [1.165, 1.54) is 0 Å². The Labute approximate surface area is 58.9 Å². The molecule has 1 rings (SSSR count). The second-order valence-electron chi connectivity index (χ2n) is 1.93. The molecule has 0 bridgehead atoms. The molecule has 1 aliphatic rings. The Morgan fingerprint density at radius 3 is 2.60 bits per heavy atom. The molecule has 0 fully saturated rings. The van der Waals surface area contributed by atoms with E-state index >= 15 is 0 Å². The van der Waals surface area contributed by atoms with E-state index in [1.54, 1.807) is 6.21 Å². The average molecular weight is 131 g/mol. The van der Waals surface area contributed by atoms with Crippen LogP contribution < -0.4 is 0 Å². The molecule has 0 amide bonds. The Morgan fingerprint density at radius 2 is 2.20 bits per heavy atom. The third kappa shape index (κ3) is 1.04. The molecule has 0 aromatic rings. The predicted octanol–water partition coefficient (Wildman–Crippen LogP) is 0.805. The summed E-state index contributed by atoms with van der Waals surface area (Å²) in [6, 6.07) is 3.66. The van der Waals surface area contributed by atoms with Gasteiger partial charge in [0, 0.05) is 12.6 Å². The van der Waals surface area contributed by atoms with E-state index in [0.717, 1.165) is 5.57 Å². The summed E-state index contributed by atoms with van der Waals surface area (Å²) in [4.78, 5) is 3.90. The number of aliphatic imine (C=N–C) groups is 1. The lowest BCUT2D eigenvalue weighted by Gasteiger charge is -1.89. The molecule has 0 spiro atoms. The van der Waals surface area contributed by atoms with Gasteiger partial charge in [-0.3, -0.25) is 4.99 Å². The molecule has 0 radical (unpaired) electrons. The van der Waals surface area contributed by atoms with Gasteiger partial charge in [-0.1, -0.05) is 0 Å². The fraction of sp³-hybridized carbons (Fsp3) is 0.286. The SMILES string of the molecule is N#CC(C#N)=C1CC=NC1. The lowest BCUT2D eigenvalue weighted by Crippen LogP contribution is -1.86. The molecule has 1 heterocycles. The molecule has 0 atom stereocenters. The normalized spacial score (nSPS) is 14.4. The number of hydrogen-bond donors (Lipinski definition) is 0. The molecule has 0 aliphatic carbocycles. The molecule has 10 heavy (non-hydrogen) atoms. The maximum Gasteiger partial charge on any atom is 0.131 e. The van der Waals surface area contributed by atoms with Crippen LogP contribution in [-0.2, 0) is 0 Å². The summed E-state index contributed by atoms with van der Waals surface area (Å²) < 4.78 is 0. The fourth-order valence-electron chi connectivity index (χ4n) is 0.778. The van der Waals surface area contributed by atoms with Crippen molar-refractivity contribution in [2.45, 2.75) is 6.42 Å². The molecule has 0 unspecified atom stereocenters. The number of rotatable bonds is 0. The summed E-state index contributed by atoms with van der Waals surface area (Å²) in [6.07, 6.45) is 2.39. The number of nitriles is 2. The maximum atomic E-state index is 8.40. The summed E-state index contributed by atoms with van der Waals surface area (Å²) in [5.74, 6) is 0. The first-order valence-corrected chi connectivity index (χ1v) is 2.89. The predicted molar refractivity (Wildman–Crippen MR) is 36.2 cm³/mol. The summed E-state index contributed by atoms with van der Waals surface area (Å²) in [7, 11) is 0. The largest absolute Gasteiger partial charge is 0.293 e. The van der Waals surface area contributed by atoms with Crippen molar-refractivity contribution >= 4 is 6.21 Å². The minimum Gasteiger partial charge on any atom is -0.293 e. The first kappa shape index (κ1) is 6.51. The van der Waals surface area contributed by atoms with Gasteiger partial charge in [-0.25, -0.2) is 0 Å². The lowest BCUT2D eigenvalue weighted by atomic mass is 10.1. The van der Waals surface area contributed by atoms with Crippen LogP contribution in [0.3, 0.4) is 0 Å². The zero-order valence-electron chi connectivity index (χ0n) is 5.33. The molecule has 3 nitrogen and oxygen atoms in total. The van der Waals surface area contributed by atoms with Crippen LogP contribution in [0.25, 0.3) is 0 Å². The Morgan fingerprint density at radius 1 is 1.50 bits per heavy atom. The Bertz CT molecular complexity index is 246. The zero-order valence-corrected chi connectivity index (χ0v) is 5.33. The second-order valence-corrected chi connectivity index (χ2v) is 1.93.